The number of hydrogen-bond acceptors (Lipinski definition) is 6. The summed E-state index contributed by atoms with van der Waals surface area (Å²) in [5.41, 5.74) is 4.98. The Kier molecular flexibility index (Phi) is 3.66. The molecule has 0 amide bonds. The van der Waals surface area contributed by atoms with Gasteiger partial charge in [0.15, 0.2) is 0 Å². The molecule has 1 aromatic heterocycles. The van der Waals surface area contributed by atoms with E-state index in [2.05, 4.69) is 4.98 Å². The topological polar surface area (TPSA) is 111 Å². The van der Waals surface area contributed by atoms with Crippen molar-refractivity contribution in [3.05, 3.63) is 20.3 Å². The molecule has 4 N–H and O–H groups in total. The van der Waals surface area contributed by atoms with Gasteiger partial charge in [-0.25, -0.2) is 4.79 Å². The largest absolute Gasteiger partial charge is 0.394 e. The summed E-state index contributed by atoms with van der Waals surface area (Å²) in [7, 11) is 0. The number of hydrogen-bond donors (Lipinski definition) is 3. The van der Waals surface area contributed by atoms with Crippen LogP contribution < -0.4 is 11.4 Å². The summed E-state index contributed by atoms with van der Waals surface area (Å²) in [4.78, 5) is 15.3. The highest BCUT2D eigenvalue weighted by atomic mass is 127. The molecular weight excluding hydrogens is 341 g/mol. The fraction of sp³-hybridized carbons (Fsp3) is 0.556. The van der Waals surface area contributed by atoms with Gasteiger partial charge in [-0.15, -0.1) is 0 Å². The third kappa shape index (κ3) is 2.44. The van der Waals surface area contributed by atoms with E-state index in [1.807, 2.05) is 22.6 Å². The SMILES string of the molecule is Nc1nc(=O)n([C@@H]2C[C@H](O)[C@@H](CO)O2)cc1I. The van der Waals surface area contributed by atoms with E-state index in [1.54, 1.807) is 0 Å². The molecule has 3 atom stereocenters. The smallest absolute Gasteiger partial charge is 0.351 e. The number of anilines is 1. The first-order valence-electron chi connectivity index (χ1n) is 5.01. The van der Waals surface area contributed by atoms with Crippen LogP contribution in [0.15, 0.2) is 11.0 Å². The Bertz CT molecular complexity index is 478. The number of halogens is 1. The maximum absolute atomic E-state index is 11.6. The van der Waals surface area contributed by atoms with Crippen molar-refractivity contribution in [2.24, 2.45) is 0 Å². The lowest BCUT2D eigenvalue weighted by molar-refractivity contribution is -0.0459. The normalized spacial score (nSPS) is 28.5. The average molecular weight is 353 g/mol. The molecule has 1 saturated heterocycles. The number of nitrogen functional groups attached to an aromatic ring is 1. The highest BCUT2D eigenvalue weighted by Crippen LogP contribution is 2.27. The van der Waals surface area contributed by atoms with Crippen LogP contribution in [0.1, 0.15) is 12.6 Å². The van der Waals surface area contributed by atoms with E-state index < -0.39 is 24.1 Å². The molecule has 7 nitrogen and oxygen atoms in total. The van der Waals surface area contributed by atoms with Crippen LogP contribution in [-0.4, -0.2) is 38.6 Å². The third-order valence-electron chi connectivity index (χ3n) is 2.63. The van der Waals surface area contributed by atoms with Gasteiger partial charge < -0.3 is 20.7 Å². The zero-order valence-electron chi connectivity index (χ0n) is 8.78. The minimum absolute atomic E-state index is 0.170. The second kappa shape index (κ2) is 4.88. The summed E-state index contributed by atoms with van der Waals surface area (Å²) in [5.74, 6) is 0.170. The molecule has 2 heterocycles. The van der Waals surface area contributed by atoms with Gasteiger partial charge in [0, 0.05) is 12.6 Å². The Morgan fingerprint density at radius 2 is 2.41 bits per heavy atom. The molecule has 1 aromatic rings. The van der Waals surface area contributed by atoms with Crippen molar-refractivity contribution in [2.45, 2.75) is 24.9 Å². The van der Waals surface area contributed by atoms with Crippen LogP contribution in [0.2, 0.25) is 0 Å². The van der Waals surface area contributed by atoms with Gasteiger partial charge in [-0.3, -0.25) is 4.57 Å². The first-order valence-corrected chi connectivity index (χ1v) is 6.09. The molecule has 17 heavy (non-hydrogen) atoms. The Labute approximate surface area is 110 Å². The summed E-state index contributed by atoms with van der Waals surface area (Å²) in [6.07, 6.45) is -0.291. The molecule has 0 radical (unpaired) electrons. The molecular formula is C9H12IN3O4. The van der Waals surface area contributed by atoms with Gasteiger partial charge >= 0.3 is 5.69 Å². The van der Waals surface area contributed by atoms with E-state index in [0.29, 0.717) is 3.57 Å². The van der Waals surface area contributed by atoms with Crippen LogP contribution in [0.4, 0.5) is 5.82 Å². The lowest BCUT2D eigenvalue weighted by atomic mass is 10.2. The van der Waals surface area contributed by atoms with Gasteiger partial charge in [0.25, 0.3) is 0 Å². The summed E-state index contributed by atoms with van der Waals surface area (Å²) < 4.78 is 7.27. The lowest BCUT2D eigenvalue weighted by Crippen LogP contribution is -2.28. The molecule has 0 aliphatic carbocycles. The van der Waals surface area contributed by atoms with Gasteiger partial charge in [0.05, 0.1) is 16.3 Å². The predicted octanol–water partition coefficient (Wildman–Crippen LogP) is -0.929. The number of aliphatic hydroxyl groups is 2. The number of nitrogens with two attached hydrogens (primary N) is 1. The molecule has 0 aromatic carbocycles. The van der Waals surface area contributed by atoms with Gasteiger partial charge in [0.1, 0.15) is 18.1 Å². The Morgan fingerprint density at radius 3 is 3.00 bits per heavy atom. The number of ether oxygens (including phenoxy) is 1. The highest BCUT2D eigenvalue weighted by Gasteiger charge is 2.35. The number of aliphatic hydroxyl groups excluding tert-OH is 2. The fourth-order valence-corrected chi connectivity index (χ4v) is 2.13. The van der Waals surface area contributed by atoms with Crippen molar-refractivity contribution >= 4 is 28.4 Å². The second-order valence-corrected chi connectivity index (χ2v) is 4.94. The maximum atomic E-state index is 11.6. The van der Waals surface area contributed by atoms with Crippen molar-refractivity contribution in [2.75, 3.05) is 12.3 Å². The molecule has 0 unspecified atom stereocenters. The van der Waals surface area contributed by atoms with Crippen molar-refractivity contribution in [1.29, 1.82) is 0 Å². The second-order valence-electron chi connectivity index (χ2n) is 3.78. The summed E-state index contributed by atoms with van der Waals surface area (Å²) in [6.45, 7) is -0.286. The average Bonchev–Trinajstić information content (AvgIpc) is 2.65. The lowest BCUT2D eigenvalue weighted by Gasteiger charge is -2.14. The van der Waals surface area contributed by atoms with E-state index in [-0.39, 0.29) is 18.8 Å². The van der Waals surface area contributed by atoms with Crippen LogP contribution in [-0.2, 0) is 4.74 Å². The quantitative estimate of drug-likeness (QED) is 0.593. The molecule has 1 aliphatic heterocycles. The minimum Gasteiger partial charge on any atom is -0.394 e. The Balaban J connectivity index is 2.30. The van der Waals surface area contributed by atoms with Crippen molar-refractivity contribution in [3.8, 4) is 0 Å². The van der Waals surface area contributed by atoms with Gasteiger partial charge in [0.2, 0.25) is 0 Å². The number of nitrogens with zero attached hydrogens (tertiary/aromatic N) is 2. The number of rotatable bonds is 2. The van der Waals surface area contributed by atoms with Crippen LogP contribution in [0.3, 0.4) is 0 Å². The van der Waals surface area contributed by atoms with Crippen molar-refractivity contribution in [1.82, 2.24) is 9.55 Å². The Morgan fingerprint density at radius 1 is 1.71 bits per heavy atom. The predicted molar refractivity (Wildman–Crippen MR) is 67.2 cm³/mol. The van der Waals surface area contributed by atoms with E-state index >= 15 is 0 Å². The monoisotopic (exact) mass is 353 g/mol. The van der Waals surface area contributed by atoms with Crippen LogP contribution in [0.25, 0.3) is 0 Å². The van der Waals surface area contributed by atoms with E-state index in [4.69, 9.17) is 15.6 Å². The molecule has 1 fully saturated rings. The van der Waals surface area contributed by atoms with Gasteiger partial charge in [-0.1, -0.05) is 0 Å². The molecule has 0 spiro atoms. The first-order chi connectivity index (χ1) is 8.02. The molecule has 94 valence electrons. The standard InChI is InChI=1S/C9H12IN3O4/c10-4-2-13(9(16)12-8(4)11)7-1-5(15)6(3-14)17-7/h2,5-7,14-15H,1,3H2,(H2,11,12,16)/t5-,6+,7-/m0/s1. The molecule has 8 heteroatoms. The van der Waals surface area contributed by atoms with Crippen molar-refractivity contribution in [3.63, 3.8) is 0 Å². The van der Waals surface area contributed by atoms with Crippen LogP contribution >= 0.6 is 22.6 Å². The molecule has 0 bridgehead atoms. The van der Waals surface area contributed by atoms with Crippen LogP contribution in [0, 0.1) is 3.57 Å². The maximum Gasteiger partial charge on any atom is 0.351 e. The van der Waals surface area contributed by atoms with E-state index in [9.17, 15) is 9.90 Å². The van der Waals surface area contributed by atoms with E-state index in [0.717, 1.165) is 0 Å². The van der Waals surface area contributed by atoms with Gasteiger partial charge in [-0.05, 0) is 22.6 Å². The Hall–Kier alpha value is -0.710. The number of aromatic nitrogens is 2. The highest BCUT2D eigenvalue weighted by molar-refractivity contribution is 14.1. The van der Waals surface area contributed by atoms with Crippen LogP contribution in [0.5, 0.6) is 0 Å². The zero-order valence-corrected chi connectivity index (χ0v) is 10.9. The van der Waals surface area contributed by atoms with Gasteiger partial charge in [-0.2, -0.15) is 4.98 Å². The molecule has 0 saturated carbocycles. The molecule has 2 rings (SSSR count). The summed E-state index contributed by atoms with van der Waals surface area (Å²) >= 11 is 1.96. The van der Waals surface area contributed by atoms with Crippen molar-refractivity contribution < 1.29 is 14.9 Å². The first kappa shape index (κ1) is 12.7. The molecule has 1 aliphatic rings. The van der Waals surface area contributed by atoms with E-state index in [1.165, 1.54) is 10.8 Å². The zero-order chi connectivity index (χ0) is 12.6. The minimum atomic E-state index is -0.785. The fourth-order valence-electron chi connectivity index (χ4n) is 1.71. The summed E-state index contributed by atoms with van der Waals surface area (Å²) in [6, 6.07) is 0. The third-order valence-corrected chi connectivity index (χ3v) is 3.46. The summed E-state index contributed by atoms with van der Waals surface area (Å²) in [5, 5.41) is 18.5.